The number of thioether (sulfide) groups is 2. The average molecular weight is 444 g/mol. The van der Waals surface area contributed by atoms with Crippen molar-refractivity contribution in [3.05, 3.63) is 63.0 Å². The summed E-state index contributed by atoms with van der Waals surface area (Å²) in [5, 5.41) is 2.38. The number of anilines is 1. The minimum Gasteiger partial charge on any atom is -0.337 e. The number of amides is 1. The first kappa shape index (κ1) is 20.4. The fourth-order valence-electron chi connectivity index (χ4n) is 3.18. The summed E-state index contributed by atoms with van der Waals surface area (Å²) in [7, 11) is 1.98. The molecule has 1 fully saturated rings. The Morgan fingerprint density at radius 1 is 1.10 bits per heavy atom. The maximum atomic E-state index is 13.3. The maximum Gasteiger partial charge on any atom is 0.269 e. The lowest BCUT2D eigenvalue weighted by Crippen LogP contribution is -2.30. The fourth-order valence-corrected chi connectivity index (χ4v) is 5.70. The third kappa shape index (κ3) is 4.06. The maximum absolute atomic E-state index is 13.3. The second-order valence-corrected chi connectivity index (χ2v) is 9.49. The Morgan fingerprint density at radius 3 is 2.59 bits per heavy atom. The van der Waals surface area contributed by atoms with Gasteiger partial charge in [-0.3, -0.25) is 9.69 Å². The highest BCUT2D eigenvalue weighted by Crippen LogP contribution is 2.50. The lowest BCUT2D eigenvalue weighted by molar-refractivity contribution is -0.122. The summed E-state index contributed by atoms with van der Waals surface area (Å²) in [6.07, 6.45) is 1.97. The second kappa shape index (κ2) is 8.46. The molecule has 29 heavy (non-hydrogen) atoms. The van der Waals surface area contributed by atoms with Crippen LogP contribution in [0.4, 0.5) is 11.4 Å². The molecule has 2 aromatic rings. The van der Waals surface area contributed by atoms with Gasteiger partial charge in [0.2, 0.25) is 0 Å². The highest BCUT2D eigenvalue weighted by Gasteiger charge is 2.38. The van der Waals surface area contributed by atoms with E-state index in [1.807, 2.05) is 54.4 Å². The zero-order valence-electron chi connectivity index (χ0n) is 16.6. The van der Waals surface area contributed by atoms with E-state index in [0.29, 0.717) is 11.6 Å². The molecule has 0 N–H and O–H groups in total. The first-order valence-corrected chi connectivity index (χ1v) is 11.6. The van der Waals surface area contributed by atoms with Crippen LogP contribution in [0.3, 0.4) is 0 Å². The number of aliphatic imine (C=N–C) groups is 1. The van der Waals surface area contributed by atoms with Crippen LogP contribution >= 0.6 is 35.1 Å². The third-order valence-corrected chi connectivity index (χ3v) is 7.51. The van der Waals surface area contributed by atoms with Crippen LogP contribution in [-0.4, -0.2) is 29.6 Å². The predicted molar refractivity (Wildman–Crippen MR) is 125 cm³/mol. The Kier molecular flexibility index (Phi) is 5.95. The fraction of sp³-hybridized carbons (Fsp3) is 0.273. The van der Waals surface area contributed by atoms with E-state index in [0.717, 1.165) is 44.2 Å². The molecule has 0 spiro atoms. The zero-order valence-corrected chi connectivity index (χ0v) is 19.0. The van der Waals surface area contributed by atoms with E-state index in [1.54, 1.807) is 11.8 Å². The molecule has 150 valence electrons. The van der Waals surface area contributed by atoms with Gasteiger partial charge in [-0.1, -0.05) is 54.4 Å². The Balaban J connectivity index is 1.71. The second-order valence-electron chi connectivity index (χ2n) is 7.05. The van der Waals surface area contributed by atoms with Crippen molar-refractivity contribution in [3.8, 4) is 0 Å². The highest BCUT2D eigenvalue weighted by atomic mass is 35.5. The number of fused-ring (bicyclic) bond motifs is 1. The summed E-state index contributed by atoms with van der Waals surface area (Å²) >= 11 is 9.25. The normalized spacial score (nSPS) is 20.1. The Morgan fingerprint density at radius 2 is 1.86 bits per heavy atom. The minimum absolute atomic E-state index is 0.0302. The number of hydrogen-bond donors (Lipinski definition) is 0. The zero-order chi connectivity index (χ0) is 20.5. The van der Waals surface area contributed by atoms with Crippen LogP contribution in [0.1, 0.15) is 25.3 Å². The van der Waals surface area contributed by atoms with Crippen LogP contribution in [0.2, 0.25) is 5.02 Å². The van der Waals surface area contributed by atoms with E-state index in [9.17, 15) is 4.79 Å². The Bertz CT molecular complexity index is 1020. The van der Waals surface area contributed by atoms with E-state index in [1.165, 1.54) is 17.3 Å². The molecule has 2 heterocycles. The quantitative estimate of drug-likeness (QED) is 0.510. The van der Waals surface area contributed by atoms with E-state index in [2.05, 4.69) is 18.7 Å². The van der Waals surface area contributed by atoms with Crippen molar-refractivity contribution in [1.82, 2.24) is 4.90 Å². The number of aryl methyl sites for hydroxylation is 1. The van der Waals surface area contributed by atoms with Crippen molar-refractivity contribution in [2.24, 2.45) is 4.99 Å². The van der Waals surface area contributed by atoms with E-state index < -0.39 is 0 Å². The molecule has 0 atom stereocenters. The molecule has 0 bridgehead atoms. The summed E-state index contributed by atoms with van der Waals surface area (Å²) in [6, 6.07) is 13.9. The van der Waals surface area contributed by atoms with Crippen molar-refractivity contribution < 1.29 is 4.79 Å². The van der Waals surface area contributed by atoms with E-state index in [-0.39, 0.29) is 5.91 Å². The first-order valence-electron chi connectivity index (χ1n) is 9.58. The molecule has 4 rings (SSSR count). The molecular formula is C22H22ClN3OS2. The molecule has 4 nitrogen and oxygen atoms in total. The van der Waals surface area contributed by atoms with E-state index in [4.69, 9.17) is 16.6 Å². The molecule has 0 unspecified atom stereocenters. The van der Waals surface area contributed by atoms with Gasteiger partial charge < -0.3 is 4.90 Å². The van der Waals surface area contributed by atoms with Crippen molar-refractivity contribution in [1.29, 1.82) is 0 Å². The van der Waals surface area contributed by atoms with Crippen LogP contribution in [-0.2, 0) is 4.79 Å². The lowest BCUT2D eigenvalue weighted by atomic mass is 10.2. The van der Waals surface area contributed by atoms with E-state index >= 15 is 0 Å². The smallest absolute Gasteiger partial charge is 0.269 e. The van der Waals surface area contributed by atoms with Gasteiger partial charge in [-0.15, -0.1) is 0 Å². The number of nitrogens with zero attached hydrogens (tertiary/aromatic N) is 3. The Hall–Kier alpha value is -1.89. The highest BCUT2D eigenvalue weighted by molar-refractivity contribution is 8.19. The van der Waals surface area contributed by atoms with Gasteiger partial charge in [0.1, 0.15) is 4.91 Å². The summed E-state index contributed by atoms with van der Waals surface area (Å²) in [4.78, 5) is 23.8. The van der Waals surface area contributed by atoms with Gasteiger partial charge in [-0.2, -0.15) is 0 Å². The molecule has 0 aliphatic carbocycles. The monoisotopic (exact) mass is 443 g/mol. The average Bonchev–Trinajstić information content (AvgIpc) is 3.19. The van der Waals surface area contributed by atoms with Crippen LogP contribution in [0, 0.1) is 6.92 Å². The SMILES string of the molecule is CCCCN1C(=O)/C(=C2/Sc3ccc(Cl)cc3N2C)SC1=Nc1ccc(C)cc1. The molecule has 7 heteroatoms. The summed E-state index contributed by atoms with van der Waals surface area (Å²) in [6.45, 7) is 4.86. The van der Waals surface area contributed by atoms with Crippen LogP contribution in [0.5, 0.6) is 0 Å². The number of hydrogen-bond acceptors (Lipinski definition) is 5. The first-order chi connectivity index (χ1) is 14.0. The topological polar surface area (TPSA) is 35.9 Å². The van der Waals surface area contributed by atoms with Gasteiger partial charge in [-0.05, 0) is 55.4 Å². The third-order valence-electron chi connectivity index (χ3n) is 4.85. The van der Waals surface area contributed by atoms with Crippen LogP contribution in [0.15, 0.2) is 62.3 Å². The van der Waals surface area contributed by atoms with Crippen molar-refractivity contribution >= 4 is 57.6 Å². The molecule has 1 saturated heterocycles. The van der Waals surface area contributed by atoms with Crippen LogP contribution in [0.25, 0.3) is 0 Å². The van der Waals surface area contributed by atoms with Gasteiger partial charge in [0.15, 0.2) is 5.17 Å². The number of rotatable bonds is 4. The number of benzene rings is 2. The molecular weight excluding hydrogens is 422 g/mol. The Labute approximate surface area is 185 Å². The van der Waals surface area contributed by atoms with Gasteiger partial charge in [0.05, 0.1) is 16.4 Å². The molecule has 1 amide bonds. The van der Waals surface area contributed by atoms with Crippen LogP contribution < -0.4 is 4.90 Å². The van der Waals surface area contributed by atoms with Gasteiger partial charge >= 0.3 is 0 Å². The van der Waals surface area contributed by atoms with Gasteiger partial charge in [-0.25, -0.2) is 4.99 Å². The molecule has 0 saturated carbocycles. The predicted octanol–water partition coefficient (Wildman–Crippen LogP) is 6.42. The number of unbranched alkanes of at least 4 members (excludes halogenated alkanes) is 1. The molecule has 0 aromatic heterocycles. The molecule has 2 aliphatic heterocycles. The molecule has 2 aromatic carbocycles. The molecule has 2 aliphatic rings. The number of carbonyl (C=O) groups excluding carboxylic acids is 1. The van der Waals surface area contributed by atoms with Crippen molar-refractivity contribution in [2.75, 3.05) is 18.5 Å². The summed E-state index contributed by atoms with van der Waals surface area (Å²) in [5.41, 5.74) is 3.08. The standard InChI is InChI=1S/C22H22ClN3OS2/c1-4-5-12-26-20(27)19(29-22(26)24-16-9-6-14(2)7-10-16)21-25(3)17-13-15(23)8-11-18(17)28-21/h6-11,13H,4-5,12H2,1-3H3/b21-19-,24-22?. The largest absolute Gasteiger partial charge is 0.337 e. The van der Waals surface area contributed by atoms with Gasteiger partial charge in [0, 0.05) is 23.5 Å². The number of carbonyl (C=O) groups is 1. The number of amidine groups is 1. The summed E-state index contributed by atoms with van der Waals surface area (Å²) in [5.74, 6) is 0.0302. The van der Waals surface area contributed by atoms with Gasteiger partial charge in [0.25, 0.3) is 5.91 Å². The van der Waals surface area contributed by atoms with Crippen molar-refractivity contribution in [3.63, 3.8) is 0 Å². The summed E-state index contributed by atoms with van der Waals surface area (Å²) < 4.78 is 0. The minimum atomic E-state index is 0.0302. The number of halogens is 1. The van der Waals surface area contributed by atoms with Crippen molar-refractivity contribution in [2.45, 2.75) is 31.6 Å². The lowest BCUT2D eigenvalue weighted by Gasteiger charge is -2.16. The molecule has 0 radical (unpaired) electrons.